The number of nitrogens with zero attached hydrogens (tertiary/aromatic N) is 1. The molecule has 22 heavy (non-hydrogen) atoms. The highest BCUT2D eigenvalue weighted by Gasteiger charge is 2.21. The fourth-order valence-corrected chi connectivity index (χ4v) is 2.71. The summed E-state index contributed by atoms with van der Waals surface area (Å²) in [7, 11) is 0. The molecule has 0 spiro atoms. The Morgan fingerprint density at radius 3 is 2.41 bits per heavy atom. The average Bonchev–Trinajstić information content (AvgIpc) is 2.56. The number of carbonyl (C=O) groups is 1. The number of para-hydroxylation sites is 1. The lowest BCUT2D eigenvalue weighted by atomic mass is 9.98. The molecule has 3 heteroatoms. The zero-order valence-corrected chi connectivity index (χ0v) is 12.9. The van der Waals surface area contributed by atoms with Gasteiger partial charge in [-0.25, -0.2) is 0 Å². The first kappa shape index (κ1) is 14.6. The third kappa shape index (κ3) is 3.48. The number of benzene rings is 2. The van der Waals surface area contributed by atoms with Gasteiger partial charge in [0.05, 0.1) is 0 Å². The van der Waals surface area contributed by atoms with Crippen LogP contribution in [0.15, 0.2) is 54.6 Å². The van der Waals surface area contributed by atoms with Gasteiger partial charge in [0.1, 0.15) is 11.5 Å². The number of ether oxygens (including phenoxy) is 1. The smallest absolute Gasteiger partial charge is 0.253 e. The van der Waals surface area contributed by atoms with Crippen LogP contribution in [-0.4, -0.2) is 23.9 Å². The molecule has 1 amide bonds. The first-order valence-corrected chi connectivity index (χ1v) is 7.84. The Morgan fingerprint density at radius 2 is 1.68 bits per heavy atom. The maximum Gasteiger partial charge on any atom is 0.253 e. The molecular formula is C19H21NO2. The SMILES string of the molecule is CC1CCN(C(=O)c2cccc(Oc3ccccc3)c2)CC1. The van der Waals surface area contributed by atoms with Crippen molar-refractivity contribution in [3.63, 3.8) is 0 Å². The standard InChI is InChI=1S/C19H21NO2/c1-15-10-12-20(13-11-15)19(21)16-6-5-9-18(14-16)22-17-7-3-2-4-8-17/h2-9,14-15H,10-13H2,1H3. The van der Waals surface area contributed by atoms with E-state index in [-0.39, 0.29) is 5.91 Å². The lowest BCUT2D eigenvalue weighted by molar-refractivity contribution is 0.0697. The summed E-state index contributed by atoms with van der Waals surface area (Å²) < 4.78 is 5.80. The van der Waals surface area contributed by atoms with Crippen molar-refractivity contribution < 1.29 is 9.53 Å². The van der Waals surface area contributed by atoms with E-state index in [9.17, 15) is 4.79 Å². The van der Waals surface area contributed by atoms with Gasteiger partial charge in [-0.3, -0.25) is 4.79 Å². The summed E-state index contributed by atoms with van der Waals surface area (Å²) >= 11 is 0. The van der Waals surface area contributed by atoms with Crippen LogP contribution in [-0.2, 0) is 0 Å². The number of amides is 1. The second kappa shape index (κ2) is 6.65. The molecule has 0 bridgehead atoms. The highest BCUT2D eigenvalue weighted by molar-refractivity contribution is 5.94. The molecule has 0 saturated carbocycles. The number of carbonyl (C=O) groups excluding carboxylic acids is 1. The van der Waals surface area contributed by atoms with E-state index < -0.39 is 0 Å². The van der Waals surface area contributed by atoms with Crippen molar-refractivity contribution in [2.24, 2.45) is 5.92 Å². The number of likely N-dealkylation sites (tertiary alicyclic amines) is 1. The van der Waals surface area contributed by atoms with Crippen LogP contribution in [0.1, 0.15) is 30.1 Å². The minimum atomic E-state index is 0.102. The van der Waals surface area contributed by atoms with Crippen LogP contribution >= 0.6 is 0 Å². The summed E-state index contributed by atoms with van der Waals surface area (Å²) in [5, 5.41) is 0. The number of rotatable bonds is 3. The van der Waals surface area contributed by atoms with E-state index in [2.05, 4.69) is 6.92 Å². The molecule has 1 aliphatic heterocycles. The molecule has 2 aromatic carbocycles. The fourth-order valence-electron chi connectivity index (χ4n) is 2.71. The second-order valence-electron chi connectivity index (χ2n) is 5.92. The van der Waals surface area contributed by atoms with Crippen molar-refractivity contribution in [1.82, 2.24) is 4.90 Å². The Hall–Kier alpha value is -2.29. The van der Waals surface area contributed by atoms with Gasteiger partial charge in [-0.1, -0.05) is 31.2 Å². The molecule has 3 nitrogen and oxygen atoms in total. The van der Waals surface area contributed by atoms with Gasteiger partial charge < -0.3 is 9.64 Å². The van der Waals surface area contributed by atoms with Gasteiger partial charge in [0.15, 0.2) is 0 Å². The molecule has 1 heterocycles. The van der Waals surface area contributed by atoms with E-state index in [1.807, 2.05) is 59.5 Å². The molecule has 0 aromatic heterocycles. The Bertz CT molecular complexity index is 631. The van der Waals surface area contributed by atoms with Crippen LogP contribution in [0, 0.1) is 5.92 Å². The maximum absolute atomic E-state index is 12.6. The van der Waals surface area contributed by atoms with E-state index in [1.54, 1.807) is 0 Å². The maximum atomic E-state index is 12.6. The lowest BCUT2D eigenvalue weighted by Gasteiger charge is -2.30. The third-order valence-electron chi connectivity index (χ3n) is 4.13. The molecule has 114 valence electrons. The van der Waals surface area contributed by atoms with Gasteiger partial charge in [-0.05, 0) is 49.1 Å². The van der Waals surface area contributed by atoms with Gasteiger partial charge in [-0.2, -0.15) is 0 Å². The molecule has 3 rings (SSSR count). The summed E-state index contributed by atoms with van der Waals surface area (Å²) in [5.74, 6) is 2.29. The van der Waals surface area contributed by atoms with Crippen molar-refractivity contribution in [3.8, 4) is 11.5 Å². The van der Waals surface area contributed by atoms with E-state index in [4.69, 9.17) is 4.74 Å². The Labute approximate surface area is 131 Å². The molecule has 0 atom stereocenters. The summed E-state index contributed by atoms with van der Waals surface area (Å²) in [6.45, 7) is 3.95. The number of hydrogen-bond acceptors (Lipinski definition) is 2. The van der Waals surface area contributed by atoms with Crippen LogP contribution in [0.5, 0.6) is 11.5 Å². The molecule has 2 aromatic rings. The van der Waals surface area contributed by atoms with Gasteiger partial charge in [0.2, 0.25) is 0 Å². The molecule has 0 aliphatic carbocycles. The predicted octanol–water partition coefficient (Wildman–Crippen LogP) is 4.35. The third-order valence-corrected chi connectivity index (χ3v) is 4.13. The van der Waals surface area contributed by atoms with Crippen molar-refractivity contribution >= 4 is 5.91 Å². The van der Waals surface area contributed by atoms with Crippen molar-refractivity contribution in [2.75, 3.05) is 13.1 Å². The predicted molar refractivity (Wildman–Crippen MR) is 87.3 cm³/mol. The number of piperidine rings is 1. The summed E-state index contributed by atoms with van der Waals surface area (Å²) in [5.41, 5.74) is 0.697. The minimum absolute atomic E-state index is 0.102. The normalized spacial score (nSPS) is 15.6. The quantitative estimate of drug-likeness (QED) is 0.842. The first-order valence-electron chi connectivity index (χ1n) is 7.84. The monoisotopic (exact) mass is 295 g/mol. The van der Waals surface area contributed by atoms with Crippen LogP contribution in [0.4, 0.5) is 0 Å². The molecule has 0 radical (unpaired) electrons. The van der Waals surface area contributed by atoms with Gasteiger partial charge in [0.25, 0.3) is 5.91 Å². The summed E-state index contributed by atoms with van der Waals surface area (Å²) in [6.07, 6.45) is 2.18. The molecule has 1 saturated heterocycles. The Kier molecular flexibility index (Phi) is 4.42. The lowest BCUT2D eigenvalue weighted by Crippen LogP contribution is -2.37. The first-order chi connectivity index (χ1) is 10.7. The zero-order chi connectivity index (χ0) is 15.4. The van der Waals surface area contributed by atoms with Crippen LogP contribution in [0.25, 0.3) is 0 Å². The summed E-state index contributed by atoms with van der Waals surface area (Å²) in [4.78, 5) is 14.5. The Morgan fingerprint density at radius 1 is 1.00 bits per heavy atom. The van der Waals surface area contributed by atoms with Crippen LogP contribution < -0.4 is 4.74 Å². The van der Waals surface area contributed by atoms with E-state index in [0.717, 1.165) is 37.6 Å². The fraction of sp³-hybridized carbons (Fsp3) is 0.316. The van der Waals surface area contributed by atoms with E-state index in [0.29, 0.717) is 11.3 Å². The van der Waals surface area contributed by atoms with E-state index >= 15 is 0 Å². The second-order valence-corrected chi connectivity index (χ2v) is 5.92. The molecule has 1 aliphatic rings. The van der Waals surface area contributed by atoms with Crippen molar-refractivity contribution in [1.29, 1.82) is 0 Å². The zero-order valence-electron chi connectivity index (χ0n) is 12.9. The molecule has 1 fully saturated rings. The average molecular weight is 295 g/mol. The number of hydrogen-bond donors (Lipinski definition) is 0. The van der Waals surface area contributed by atoms with Gasteiger partial charge >= 0.3 is 0 Å². The van der Waals surface area contributed by atoms with Crippen molar-refractivity contribution in [3.05, 3.63) is 60.2 Å². The summed E-state index contributed by atoms with van der Waals surface area (Å²) in [6, 6.07) is 17.1. The van der Waals surface area contributed by atoms with Crippen molar-refractivity contribution in [2.45, 2.75) is 19.8 Å². The molecule has 0 unspecified atom stereocenters. The molecule has 0 N–H and O–H groups in total. The molecular weight excluding hydrogens is 274 g/mol. The highest BCUT2D eigenvalue weighted by atomic mass is 16.5. The van der Waals surface area contributed by atoms with Gasteiger partial charge in [0, 0.05) is 18.7 Å². The van der Waals surface area contributed by atoms with E-state index in [1.165, 1.54) is 0 Å². The van der Waals surface area contributed by atoms with Gasteiger partial charge in [-0.15, -0.1) is 0 Å². The highest BCUT2D eigenvalue weighted by Crippen LogP contribution is 2.24. The van der Waals surface area contributed by atoms with Crippen LogP contribution in [0.2, 0.25) is 0 Å². The Balaban J connectivity index is 1.72. The minimum Gasteiger partial charge on any atom is -0.457 e. The van der Waals surface area contributed by atoms with Crippen LogP contribution in [0.3, 0.4) is 0 Å². The topological polar surface area (TPSA) is 29.5 Å². The largest absolute Gasteiger partial charge is 0.457 e.